The van der Waals surface area contributed by atoms with Crippen LogP contribution in [-0.4, -0.2) is 40.5 Å². The molecule has 0 saturated carbocycles. The Bertz CT molecular complexity index is 197. The number of rotatable bonds is 4. The summed E-state index contributed by atoms with van der Waals surface area (Å²) in [5.74, 6) is 1.60. The van der Waals surface area contributed by atoms with Crippen molar-refractivity contribution >= 4 is 29.0 Å². The lowest BCUT2D eigenvalue weighted by Gasteiger charge is -2.33. The van der Waals surface area contributed by atoms with Gasteiger partial charge in [-0.05, 0) is 6.42 Å². The maximum absolute atomic E-state index is 5.62. The molecule has 82 valence electrons. The third-order valence-corrected chi connectivity index (χ3v) is 4.47. The molecule has 1 heterocycles. The minimum absolute atomic E-state index is 0.352. The maximum Gasteiger partial charge on any atom is 0.0768 e. The highest BCUT2D eigenvalue weighted by molar-refractivity contribution is 8.00. The standard InChI is InChI=1S/C10H20N2S2/c1-3-9-7-12(4-5-14-9)6-8(2)10(11)13/h8-9H,3-7H2,1-2H3,(H2,11,13). The molecular formula is C10H20N2S2. The van der Waals surface area contributed by atoms with Gasteiger partial charge in [-0.2, -0.15) is 11.8 Å². The van der Waals surface area contributed by atoms with E-state index in [2.05, 4.69) is 30.5 Å². The Morgan fingerprint density at radius 2 is 2.43 bits per heavy atom. The number of thioether (sulfide) groups is 1. The smallest absolute Gasteiger partial charge is 0.0768 e. The van der Waals surface area contributed by atoms with E-state index in [4.69, 9.17) is 18.0 Å². The van der Waals surface area contributed by atoms with Crippen molar-refractivity contribution in [3.05, 3.63) is 0 Å². The van der Waals surface area contributed by atoms with Crippen LogP contribution < -0.4 is 5.73 Å². The van der Waals surface area contributed by atoms with Crippen LogP contribution in [0, 0.1) is 5.92 Å². The topological polar surface area (TPSA) is 29.3 Å². The quantitative estimate of drug-likeness (QED) is 0.748. The van der Waals surface area contributed by atoms with Crippen molar-refractivity contribution in [3.63, 3.8) is 0 Å². The lowest BCUT2D eigenvalue weighted by atomic mass is 10.1. The Morgan fingerprint density at radius 1 is 1.71 bits per heavy atom. The lowest BCUT2D eigenvalue weighted by Crippen LogP contribution is -2.42. The highest BCUT2D eigenvalue weighted by atomic mass is 32.2. The molecule has 2 N–H and O–H groups in total. The van der Waals surface area contributed by atoms with Crippen LogP contribution >= 0.6 is 24.0 Å². The molecule has 1 fully saturated rings. The maximum atomic E-state index is 5.62. The minimum Gasteiger partial charge on any atom is -0.393 e. The Morgan fingerprint density at radius 3 is 3.00 bits per heavy atom. The van der Waals surface area contributed by atoms with Crippen molar-refractivity contribution in [2.24, 2.45) is 11.7 Å². The molecule has 2 nitrogen and oxygen atoms in total. The molecule has 0 radical (unpaired) electrons. The van der Waals surface area contributed by atoms with Gasteiger partial charge in [0, 0.05) is 36.6 Å². The summed E-state index contributed by atoms with van der Waals surface area (Å²) >= 11 is 7.09. The van der Waals surface area contributed by atoms with E-state index in [1.165, 1.54) is 25.3 Å². The summed E-state index contributed by atoms with van der Waals surface area (Å²) in [6.07, 6.45) is 1.27. The van der Waals surface area contributed by atoms with E-state index in [-0.39, 0.29) is 0 Å². The summed E-state index contributed by atoms with van der Waals surface area (Å²) in [5, 5.41) is 0.808. The van der Waals surface area contributed by atoms with Crippen LogP contribution in [0.3, 0.4) is 0 Å². The fourth-order valence-electron chi connectivity index (χ4n) is 1.67. The van der Waals surface area contributed by atoms with Gasteiger partial charge >= 0.3 is 0 Å². The van der Waals surface area contributed by atoms with E-state index in [0.29, 0.717) is 10.9 Å². The first kappa shape index (κ1) is 12.3. The van der Waals surface area contributed by atoms with Gasteiger partial charge in [0.1, 0.15) is 0 Å². The first-order chi connectivity index (χ1) is 6.63. The fraction of sp³-hybridized carbons (Fsp3) is 0.900. The minimum atomic E-state index is 0.352. The summed E-state index contributed by atoms with van der Waals surface area (Å²) in [6.45, 7) is 7.80. The summed E-state index contributed by atoms with van der Waals surface area (Å²) in [6, 6.07) is 0. The van der Waals surface area contributed by atoms with Gasteiger partial charge in [-0.25, -0.2) is 0 Å². The number of nitrogens with zero attached hydrogens (tertiary/aromatic N) is 1. The van der Waals surface area contributed by atoms with E-state index < -0.39 is 0 Å². The Labute approximate surface area is 96.6 Å². The molecule has 1 saturated heterocycles. The number of hydrogen-bond acceptors (Lipinski definition) is 3. The number of nitrogens with two attached hydrogens (primary N) is 1. The predicted octanol–water partition coefficient (Wildman–Crippen LogP) is 1.74. The molecule has 0 aliphatic carbocycles. The molecule has 4 heteroatoms. The molecule has 2 unspecified atom stereocenters. The van der Waals surface area contributed by atoms with Gasteiger partial charge in [0.15, 0.2) is 0 Å². The van der Waals surface area contributed by atoms with Crippen LogP contribution in [0.2, 0.25) is 0 Å². The highest BCUT2D eigenvalue weighted by Crippen LogP contribution is 2.21. The number of hydrogen-bond donors (Lipinski definition) is 1. The summed E-state index contributed by atoms with van der Waals surface area (Å²) < 4.78 is 0. The van der Waals surface area contributed by atoms with Crippen LogP contribution in [0.4, 0.5) is 0 Å². The fourth-order valence-corrected chi connectivity index (χ4v) is 2.99. The molecule has 0 aromatic heterocycles. The second-order valence-corrected chi connectivity index (χ2v) is 5.84. The van der Waals surface area contributed by atoms with E-state index in [9.17, 15) is 0 Å². The largest absolute Gasteiger partial charge is 0.393 e. The van der Waals surface area contributed by atoms with Crippen LogP contribution in [0.1, 0.15) is 20.3 Å². The SMILES string of the molecule is CCC1CN(CC(C)C(N)=S)CCS1. The molecule has 1 aliphatic rings. The first-order valence-corrected chi connectivity index (χ1v) is 6.72. The third-order valence-electron chi connectivity index (χ3n) is 2.70. The predicted molar refractivity (Wildman–Crippen MR) is 68.9 cm³/mol. The zero-order valence-electron chi connectivity index (χ0n) is 9.03. The lowest BCUT2D eigenvalue weighted by molar-refractivity contribution is 0.266. The van der Waals surface area contributed by atoms with Crippen molar-refractivity contribution in [1.29, 1.82) is 0 Å². The van der Waals surface area contributed by atoms with Crippen molar-refractivity contribution in [1.82, 2.24) is 4.90 Å². The van der Waals surface area contributed by atoms with E-state index in [0.717, 1.165) is 11.8 Å². The molecule has 0 aromatic rings. The average Bonchev–Trinajstić information content (AvgIpc) is 2.18. The normalized spacial score (nSPS) is 26.0. The van der Waals surface area contributed by atoms with Crippen LogP contribution in [0.25, 0.3) is 0 Å². The van der Waals surface area contributed by atoms with Gasteiger partial charge in [-0.15, -0.1) is 0 Å². The third kappa shape index (κ3) is 3.75. The Kier molecular flexibility index (Phi) is 5.20. The molecule has 0 spiro atoms. The zero-order valence-corrected chi connectivity index (χ0v) is 10.7. The van der Waals surface area contributed by atoms with Crippen molar-refractivity contribution in [2.75, 3.05) is 25.4 Å². The second kappa shape index (κ2) is 5.93. The van der Waals surface area contributed by atoms with E-state index >= 15 is 0 Å². The van der Waals surface area contributed by atoms with E-state index in [1.54, 1.807) is 0 Å². The molecule has 14 heavy (non-hydrogen) atoms. The van der Waals surface area contributed by atoms with Gasteiger partial charge in [-0.1, -0.05) is 26.1 Å². The van der Waals surface area contributed by atoms with Gasteiger partial charge in [-0.3, -0.25) is 0 Å². The molecule has 1 rings (SSSR count). The summed E-state index contributed by atoms with van der Waals surface area (Å²) in [5.41, 5.74) is 5.62. The van der Waals surface area contributed by atoms with Crippen LogP contribution in [0.5, 0.6) is 0 Å². The summed E-state index contributed by atoms with van der Waals surface area (Å²) in [7, 11) is 0. The van der Waals surface area contributed by atoms with Gasteiger partial charge in [0.2, 0.25) is 0 Å². The molecule has 0 aromatic carbocycles. The zero-order chi connectivity index (χ0) is 10.6. The Balaban J connectivity index is 2.33. The van der Waals surface area contributed by atoms with Crippen LogP contribution in [0.15, 0.2) is 0 Å². The van der Waals surface area contributed by atoms with Crippen molar-refractivity contribution in [3.8, 4) is 0 Å². The van der Waals surface area contributed by atoms with Gasteiger partial charge in [0.25, 0.3) is 0 Å². The first-order valence-electron chi connectivity index (χ1n) is 5.26. The summed E-state index contributed by atoms with van der Waals surface area (Å²) in [4.78, 5) is 3.14. The van der Waals surface area contributed by atoms with Crippen LogP contribution in [-0.2, 0) is 0 Å². The molecule has 1 aliphatic heterocycles. The van der Waals surface area contributed by atoms with Crippen molar-refractivity contribution in [2.45, 2.75) is 25.5 Å². The Hall–Kier alpha value is 0.200. The second-order valence-electron chi connectivity index (χ2n) is 3.96. The average molecular weight is 232 g/mol. The molecule has 0 amide bonds. The monoisotopic (exact) mass is 232 g/mol. The highest BCUT2D eigenvalue weighted by Gasteiger charge is 2.20. The van der Waals surface area contributed by atoms with E-state index in [1.807, 2.05) is 0 Å². The molecule has 2 atom stereocenters. The van der Waals surface area contributed by atoms with Gasteiger partial charge < -0.3 is 10.6 Å². The molecule has 0 bridgehead atoms. The van der Waals surface area contributed by atoms with Crippen molar-refractivity contribution < 1.29 is 0 Å². The number of thiocarbonyl (C=S) groups is 1. The molecular weight excluding hydrogens is 212 g/mol. The van der Waals surface area contributed by atoms with Gasteiger partial charge in [0.05, 0.1) is 4.99 Å².